The SMILES string of the molecule is CC(C)=CCCC1(C)C=Cc2c(O)c3c(c(CC=C(C)C)c2O1)OC12C(C3=O)C(N3CCN(C)CC3)C3CC1C(C)(C)OC2(C/C=C(/C)C(=O)N1CCCCC1)C3=O. The highest BCUT2D eigenvalue weighted by atomic mass is 16.6. The minimum absolute atomic E-state index is 0.0212. The molecule has 5 aliphatic heterocycles. The topological polar surface area (TPSA) is 109 Å². The highest BCUT2D eigenvalue weighted by molar-refractivity contribution is 6.10. The smallest absolute Gasteiger partial charge is 0.249 e. The van der Waals surface area contributed by atoms with Crippen molar-refractivity contribution in [2.24, 2.45) is 17.8 Å². The Bertz CT molecular complexity index is 2010. The summed E-state index contributed by atoms with van der Waals surface area (Å²) in [5.74, 6) is -1.18. The number of likely N-dealkylation sites (N-methyl/N-ethyl adjacent to an activating group) is 1. The van der Waals surface area contributed by atoms with Crippen LogP contribution in [0, 0.1) is 17.8 Å². The van der Waals surface area contributed by atoms with Crippen LogP contribution in [0.2, 0.25) is 0 Å². The molecule has 4 bridgehead atoms. The van der Waals surface area contributed by atoms with Crippen LogP contribution in [0.3, 0.4) is 0 Å². The first-order valence-electron chi connectivity index (χ1n) is 21.9. The van der Waals surface area contributed by atoms with E-state index in [9.17, 15) is 9.90 Å². The lowest BCUT2D eigenvalue weighted by Crippen LogP contribution is -2.82. The molecule has 9 rings (SSSR count). The number of phenols is 1. The van der Waals surface area contributed by atoms with E-state index in [1.807, 2.05) is 57.7 Å². The number of likely N-dealkylation sites (tertiary alicyclic amines) is 1. The Morgan fingerprint density at radius 1 is 0.897 bits per heavy atom. The maximum atomic E-state index is 15.9. The molecular weight excluding hydrogens is 731 g/mol. The summed E-state index contributed by atoms with van der Waals surface area (Å²) in [7, 11) is 2.10. The van der Waals surface area contributed by atoms with Gasteiger partial charge >= 0.3 is 0 Å². The molecule has 8 aliphatic rings. The van der Waals surface area contributed by atoms with Crippen LogP contribution in [0.25, 0.3) is 6.08 Å². The van der Waals surface area contributed by atoms with Crippen molar-refractivity contribution in [1.29, 1.82) is 0 Å². The number of aromatic hydroxyl groups is 1. The number of hydrogen-bond acceptors (Lipinski definition) is 9. The van der Waals surface area contributed by atoms with Crippen molar-refractivity contribution in [3.8, 4) is 17.2 Å². The van der Waals surface area contributed by atoms with Crippen molar-refractivity contribution in [3.63, 3.8) is 0 Å². The molecular formula is C48H65N3O7. The summed E-state index contributed by atoms with van der Waals surface area (Å²) in [6, 6.07) is -0.425. The van der Waals surface area contributed by atoms with E-state index in [1.54, 1.807) is 0 Å². The largest absolute Gasteiger partial charge is 0.506 e. The number of hydrogen-bond donors (Lipinski definition) is 1. The Morgan fingerprint density at radius 3 is 2.26 bits per heavy atom. The molecule has 7 atom stereocenters. The molecule has 3 saturated heterocycles. The molecule has 6 fully saturated rings. The zero-order valence-corrected chi connectivity index (χ0v) is 36.3. The van der Waals surface area contributed by atoms with Gasteiger partial charge in [-0.05, 0) is 120 Å². The summed E-state index contributed by atoms with van der Waals surface area (Å²) in [6.45, 7) is 20.7. The number of ether oxygens (including phenoxy) is 3. The average molecular weight is 796 g/mol. The fourth-order valence-corrected chi connectivity index (χ4v) is 11.7. The Kier molecular flexibility index (Phi) is 10.4. The molecule has 0 radical (unpaired) electrons. The molecule has 314 valence electrons. The van der Waals surface area contributed by atoms with Gasteiger partial charge < -0.3 is 29.1 Å². The summed E-state index contributed by atoms with van der Waals surface area (Å²) in [6.07, 6.45) is 15.8. The lowest BCUT2D eigenvalue weighted by atomic mass is 9.44. The zero-order chi connectivity index (χ0) is 41.5. The maximum absolute atomic E-state index is 15.9. The van der Waals surface area contributed by atoms with E-state index in [2.05, 4.69) is 49.8 Å². The van der Waals surface area contributed by atoms with Crippen molar-refractivity contribution < 1.29 is 33.7 Å². The minimum Gasteiger partial charge on any atom is -0.506 e. The zero-order valence-electron chi connectivity index (χ0n) is 36.3. The molecule has 7 unspecified atom stereocenters. The first-order valence-corrected chi connectivity index (χ1v) is 21.9. The Balaban J connectivity index is 1.32. The third-order valence-corrected chi connectivity index (χ3v) is 14.7. The summed E-state index contributed by atoms with van der Waals surface area (Å²) >= 11 is 0. The van der Waals surface area contributed by atoms with E-state index in [0.29, 0.717) is 54.1 Å². The third-order valence-electron chi connectivity index (χ3n) is 14.7. The monoisotopic (exact) mass is 795 g/mol. The van der Waals surface area contributed by atoms with Crippen LogP contribution < -0.4 is 9.47 Å². The van der Waals surface area contributed by atoms with Gasteiger partial charge in [0.1, 0.15) is 28.4 Å². The lowest BCUT2D eigenvalue weighted by molar-refractivity contribution is -0.214. The summed E-state index contributed by atoms with van der Waals surface area (Å²) < 4.78 is 21.8. The third kappa shape index (κ3) is 6.34. The number of benzene rings is 1. The van der Waals surface area contributed by atoms with Crippen LogP contribution in [0.15, 0.2) is 41.0 Å². The Morgan fingerprint density at radius 2 is 1.59 bits per heavy atom. The van der Waals surface area contributed by atoms with Crippen LogP contribution in [0.4, 0.5) is 0 Å². The highest BCUT2D eigenvalue weighted by Crippen LogP contribution is 2.71. The minimum atomic E-state index is -1.53. The van der Waals surface area contributed by atoms with Crippen molar-refractivity contribution in [2.75, 3.05) is 46.3 Å². The van der Waals surface area contributed by atoms with Crippen molar-refractivity contribution >= 4 is 23.5 Å². The van der Waals surface area contributed by atoms with Gasteiger partial charge in [0.25, 0.3) is 0 Å². The first kappa shape index (κ1) is 41.0. The lowest BCUT2D eigenvalue weighted by Gasteiger charge is -2.65. The molecule has 3 aliphatic carbocycles. The van der Waals surface area contributed by atoms with Gasteiger partial charge in [-0.15, -0.1) is 0 Å². The van der Waals surface area contributed by atoms with Crippen LogP contribution in [0.1, 0.15) is 122 Å². The number of rotatable bonds is 9. The van der Waals surface area contributed by atoms with E-state index in [0.717, 1.165) is 63.9 Å². The summed E-state index contributed by atoms with van der Waals surface area (Å²) in [4.78, 5) is 51.8. The van der Waals surface area contributed by atoms with E-state index < -0.39 is 40.3 Å². The molecule has 1 aromatic carbocycles. The predicted octanol–water partition coefficient (Wildman–Crippen LogP) is 7.47. The van der Waals surface area contributed by atoms with Crippen LogP contribution in [-0.4, -0.2) is 112 Å². The van der Waals surface area contributed by atoms with Gasteiger partial charge in [0.15, 0.2) is 22.8 Å². The van der Waals surface area contributed by atoms with Gasteiger partial charge in [-0.1, -0.05) is 29.4 Å². The number of piperidine rings is 1. The second-order valence-corrected chi connectivity index (χ2v) is 19.6. The molecule has 10 heteroatoms. The highest BCUT2D eigenvalue weighted by Gasteiger charge is 2.86. The predicted molar refractivity (Wildman–Crippen MR) is 225 cm³/mol. The molecule has 5 heterocycles. The van der Waals surface area contributed by atoms with Gasteiger partial charge in [-0.3, -0.25) is 19.3 Å². The normalized spacial score (nSPS) is 33.8. The molecule has 3 saturated carbocycles. The van der Waals surface area contributed by atoms with Crippen LogP contribution in [0.5, 0.6) is 17.2 Å². The van der Waals surface area contributed by atoms with Gasteiger partial charge in [-0.2, -0.15) is 0 Å². The van der Waals surface area contributed by atoms with Crippen LogP contribution in [-0.2, 0) is 20.7 Å². The molecule has 58 heavy (non-hydrogen) atoms. The maximum Gasteiger partial charge on any atom is 0.249 e. The Labute approximate surface area is 345 Å². The van der Waals surface area contributed by atoms with Gasteiger partial charge in [0.05, 0.1) is 17.1 Å². The number of Topliss-reactive ketones (excluding diaryl/α,β-unsaturated/α-hetero) is 2. The van der Waals surface area contributed by atoms with Crippen LogP contribution >= 0.6 is 0 Å². The number of nitrogens with zero attached hydrogens (tertiary/aromatic N) is 3. The number of carbonyl (C=O) groups excluding carboxylic acids is 3. The van der Waals surface area contributed by atoms with E-state index in [-0.39, 0.29) is 41.1 Å². The molecule has 1 spiro atoms. The molecule has 1 amide bonds. The second-order valence-electron chi connectivity index (χ2n) is 19.6. The second kappa shape index (κ2) is 14.8. The quantitative estimate of drug-likeness (QED) is 0.201. The number of phenolic OH excluding ortho intramolecular Hbond substituents is 1. The fraction of sp³-hybridized carbons (Fsp3) is 0.646. The van der Waals surface area contributed by atoms with E-state index >= 15 is 9.59 Å². The average Bonchev–Trinajstić information content (AvgIpc) is 3.32. The van der Waals surface area contributed by atoms with E-state index in [1.165, 1.54) is 5.57 Å². The first-order chi connectivity index (χ1) is 27.4. The van der Waals surface area contributed by atoms with Gasteiger partial charge in [-0.25, -0.2) is 0 Å². The number of piperazine rings is 1. The van der Waals surface area contributed by atoms with Gasteiger partial charge in [0.2, 0.25) is 5.91 Å². The Hall–Kier alpha value is -3.73. The molecule has 1 aromatic rings. The standard InChI is InChI=1S/C48H65N3O7/c1-29(2)14-13-19-46(8)20-18-32-39(52)36-40(53)37-38(50-26-24-49(9)25-27-50)34-28-35-45(6,7)58-47(43(34)54,21-17-31(5)44(55)51-22-11-10-12-23-51)48(35,37)57-42(36)33(41(32)56-46)16-15-30(3)4/h14-15,17-18,20,34-35,37-38,52H,10-13,16,19,21-28H2,1-9H3/b31-17-. The summed E-state index contributed by atoms with van der Waals surface area (Å²) in [5, 5.41) is 12.4. The van der Waals surface area contributed by atoms with Gasteiger partial charge in [0, 0.05) is 74.7 Å². The van der Waals surface area contributed by atoms with Crippen molar-refractivity contribution in [2.45, 2.75) is 135 Å². The number of fused-ring (bicyclic) bond motifs is 2. The number of ketones is 2. The fourth-order valence-electron chi connectivity index (χ4n) is 11.7. The number of amides is 1. The molecule has 1 N–H and O–H groups in total. The number of allylic oxidation sites excluding steroid dienone is 4. The number of carbonyl (C=O) groups is 3. The molecule has 10 nitrogen and oxygen atoms in total. The summed E-state index contributed by atoms with van der Waals surface area (Å²) in [5.41, 5.74) is -0.173. The van der Waals surface area contributed by atoms with E-state index in [4.69, 9.17) is 14.2 Å². The van der Waals surface area contributed by atoms with Crippen molar-refractivity contribution in [3.05, 3.63) is 57.7 Å². The van der Waals surface area contributed by atoms with Crippen molar-refractivity contribution in [1.82, 2.24) is 14.7 Å². The molecule has 0 aromatic heterocycles.